The summed E-state index contributed by atoms with van der Waals surface area (Å²) >= 11 is 0. The van der Waals surface area contributed by atoms with E-state index in [0.717, 1.165) is 38.9 Å². The molecule has 0 aromatic carbocycles. The molecule has 1 rings (SSSR count). The second-order valence-electron chi connectivity index (χ2n) is 4.83. The average Bonchev–Trinajstić information content (AvgIpc) is 2.80. The predicted molar refractivity (Wildman–Crippen MR) is 70.0 cm³/mol. The smallest absolute Gasteiger partial charge is 0.150 e. The Morgan fingerprint density at radius 2 is 2.24 bits per heavy atom. The van der Waals surface area contributed by atoms with E-state index in [4.69, 9.17) is 4.74 Å². The van der Waals surface area contributed by atoms with E-state index in [1.54, 1.807) is 6.92 Å². The fraction of sp³-hybridized carbons (Fsp3) is 1.00. The molecule has 0 aromatic rings. The average molecular weight is 263 g/mol. The molecular weight excluding hydrogens is 238 g/mol. The molecule has 0 amide bonds. The maximum Gasteiger partial charge on any atom is 0.150 e. The SMILES string of the molecule is CCS(=O)(=O)CCCC(CC1CCOC1)NC. The molecule has 102 valence electrons. The molecule has 1 aliphatic heterocycles. The quantitative estimate of drug-likeness (QED) is 0.715. The van der Waals surface area contributed by atoms with Crippen molar-refractivity contribution in [3.63, 3.8) is 0 Å². The van der Waals surface area contributed by atoms with Gasteiger partial charge in [0.15, 0.2) is 0 Å². The van der Waals surface area contributed by atoms with E-state index in [1.807, 2.05) is 7.05 Å². The molecule has 0 saturated carbocycles. The number of rotatable bonds is 8. The first-order chi connectivity index (χ1) is 8.07. The third-order valence-corrected chi connectivity index (χ3v) is 5.29. The molecule has 4 nitrogen and oxygen atoms in total. The summed E-state index contributed by atoms with van der Waals surface area (Å²) in [5.74, 6) is 1.23. The van der Waals surface area contributed by atoms with Gasteiger partial charge in [-0.3, -0.25) is 0 Å². The first-order valence-corrected chi connectivity index (χ1v) is 8.35. The molecule has 2 atom stereocenters. The van der Waals surface area contributed by atoms with Crippen LogP contribution in [0, 0.1) is 5.92 Å². The molecule has 0 spiro atoms. The van der Waals surface area contributed by atoms with Crippen molar-refractivity contribution >= 4 is 9.84 Å². The summed E-state index contributed by atoms with van der Waals surface area (Å²) in [6, 6.07) is 0.425. The van der Waals surface area contributed by atoms with Crippen molar-refractivity contribution in [3.8, 4) is 0 Å². The van der Waals surface area contributed by atoms with Crippen LogP contribution in [0.4, 0.5) is 0 Å². The van der Waals surface area contributed by atoms with Crippen LogP contribution >= 0.6 is 0 Å². The van der Waals surface area contributed by atoms with Crippen LogP contribution < -0.4 is 5.32 Å². The van der Waals surface area contributed by atoms with E-state index in [1.165, 1.54) is 0 Å². The van der Waals surface area contributed by atoms with Gasteiger partial charge < -0.3 is 10.1 Å². The Hall–Kier alpha value is -0.130. The normalized spacial score (nSPS) is 22.8. The molecule has 1 N–H and O–H groups in total. The Balaban J connectivity index is 2.22. The zero-order chi connectivity index (χ0) is 12.7. The largest absolute Gasteiger partial charge is 0.381 e. The van der Waals surface area contributed by atoms with Gasteiger partial charge in [-0.05, 0) is 38.6 Å². The summed E-state index contributed by atoms with van der Waals surface area (Å²) in [5, 5.41) is 3.28. The maximum absolute atomic E-state index is 11.4. The Bertz CT molecular complexity index is 297. The highest BCUT2D eigenvalue weighted by Gasteiger charge is 2.20. The van der Waals surface area contributed by atoms with E-state index in [-0.39, 0.29) is 5.75 Å². The van der Waals surface area contributed by atoms with Crippen molar-refractivity contribution in [1.82, 2.24) is 5.32 Å². The molecule has 17 heavy (non-hydrogen) atoms. The summed E-state index contributed by atoms with van der Waals surface area (Å²) in [6.45, 7) is 3.46. The summed E-state index contributed by atoms with van der Waals surface area (Å²) in [7, 11) is -0.850. The third-order valence-electron chi connectivity index (χ3n) is 3.50. The van der Waals surface area contributed by atoms with Crippen molar-refractivity contribution in [2.75, 3.05) is 31.8 Å². The second-order valence-corrected chi connectivity index (χ2v) is 7.30. The van der Waals surface area contributed by atoms with Crippen molar-refractivity contribution in [2.45, 2.75) is 38.6 Å². The Labute approximate surface area is 105 Å². The van der Waals surface area contributed by atoms with Gasteiger partial charge in [0, 0.05) is 25.0 Å². The van der Waals surface area contributed by atoms with Crippen LogP contribution in [0.15, 0.2) is 0 Å². The predicted octanol–water partition coefficient (Wildman–Crippen LogP) is 1.22. The summed E-state index contributed by atoms with van der Waals surface area (Å²) in [4.78, 5) is 0. The van der Waals surface area contributed by atoms with Crippen LogP contribution in [0.25, 0.3) is 0 Å². The minimum atomic E-state index is -2.80. The number of hydrogen-bond acceptors (Lipinski definition) is 4. The highest BCUT2D eigenvalue weighted by molar-refractivity contribution is 7.91. The molecule has 0 aromatic heterocycles. The van der Waals surface area contributed by atoms with Gasteiger partial charge in [0.25, 0.3) is 0 Å². The van der Waals surface area contributed by atoms with E-state index in [2.05, 4.69) is 5.32 Å². The molecule has 1 aliphatic rings. The highest BCUT2D eigenvalue weighted by Crippen LogP contribution is 2.20. The Kier molecular flexibility index (Phi) is 6.44. The number of sulfone groups is 1. The second kappa shape index (κ2) is 7.34. The zero-order valence-electron chi connectivity index (χ0n) is 10.9. The number of nitrogens with one attached hydrogen (secondary N) is 1. The van der Waals surface area contributed by atoms with Gasteiger partial charge >= 0.3 is 0 Å². The molecule has 0 bridgehead atoms. The zero-order valence-corrected chi connectivity index (χ0v) is 11.8. The lowest BCUT2D eigenvalue weighted by Gasteiger charge is -2.19. The maximum atomic E-state index is 11.4. The van der Waals surface area contributed by atoms with Crippen LogP contribution in [0.1, 0.15) is 32.6 Å². The molecular formula is C12H25NO3S. The Morgan fingerprint density at radius 1 is 1.47 bits per heavy atom. The molecule has 0 radical (unpaired) electrons. The minimum Gasteiger partial charge on any atom is -0.381 e. The lowest BCUT2D eigenvalue weighted by atomic mass is 9.96. The molecule has 1 heterocycles. The van der Waals surface area contributed by atoms with Crippen LogP contribution in [0.3, 0.4) is 0 Å². The molecule has 0 aliphatic carbocycles. The van der Waals surface area contributed by atoms with E-state index in [0.29, 0.717) is 17.7 Å². The van der Waals surface area contributed by atoms with E-state index < -0.39 is 9.84 Å². The van der Waals surface area contributed by atoms with Crippen LogP contribution in [0.5, 0.6) is 0 Å². The van der Waals surface area contributed by atoms with Gasteiger partial charge in [-0.1, -0.05) is 6.92 Å². The monoisotopic (exact) mass is 263 g/mol. The fourth-order valence-corrected chi connectivity index (χ4v) is 3.14. The molecule has 5 heteroatoms. The first-order valence-electron chi connectivity index (χ1n) is 6.53. The van der Waals surface area contributed by atoms with Gasteiger partial charge in [0.1, 0.15) is 9.84 Å². The van der Waals surface area contributed by atoms with Gasteiger partial charge in [-0.25, -0.2) is 8.42 Å². The van der Waals surface area contributed by atoms with Crippen LogP contribution in [-0.4, -0.2) is 46.2 Å². The fourth-order valence-electron chi connectivity index (χ4n) is 2.25. The summed E-state index contributed by atoms with van der Waals surface area (Å²) in [6.07, 6.45) is 3.94. The van der Waals surface area contributed by atoms with Crippen molar-refractivity contribution in [2.24, 2.45) is 5.92 Å². The first kappa shape index (κ1) is 14.9. The summed E-state index contributed by atoms with van der Waals surface area (Å²) < 4.78 is 28.1. The van der Waals surface area contributed by atoms with Gasteiger partial charge in [0.2, 0.25) is 0 Å². The van der Waals surface area contributed by atoms with Gasteiger partial charge in [-0.15, -0.1) is 0 Å². The standard InChI is InChI=1S/C12H25NO3S/c1-3-17(14,15)8-4-5-12(13-2)9-11-6-7-16-10-11/h11-13H,3-10H2,1-2H3. The number of hydrogen-bond donors (Lipinski definition) is 1. The Morgan fingerprint density at radius 3 is 2.76 bits per heavy atom. The van der Waals surface area contributed by atoms with Crippen molar-refractivity contribution in [3.05, 3.63) is 0 Å². The lowest BCUT2D eigenvalue weighted by Crippen LogP contribution is -2.28. The van der Waals surface area contributed by atoms with Gasteiger partial charge in [-0.2, -0.15) is 0 Å². The van der Waals surface area contributed by atoms with Crippen molar-refractivity contribution < 1.29 is 13.2 Å². The third kappa shape index (κ3) is 5.84. The molecule has 1 fully saturated rings. The minimum absolute atomic E-state index is 0.258. The van der Waals surface area contributed by atoms with Crippen LogP contribution in [-0.2, 0) is 14.6 Å². The van der Waals surface area contributed by atoms with Gasteiger partial charge in [0.05, 0.1) is 5.75 Å². The molecule has 2 unspecified atom stereocenters. The van der Waals surface area contributed by atoms with E-state index >= 15 is 0 Å². The van der Waals surface area contributed by atoms with Crippen molar-refractivity contribution in [1.29, 1.82) is 0 Å². The van der Waals surface area contributed by atoms with Crippen LogP contribution in [0.2, 0.25) is 0 Å². The lowest BCUT2D eigenvalue weighted by molar-refractivity contribution is 0.181. The number of ether oxygens (including phenoxy) is 1. The van der Waals surface area contributed by atoms with E-state index in [9.17, 15) is 8.42 Å². The topological polar surface area (TPSA) is 55.4 Å². The molecule has 1 saturated heterocycles. The summed E-state index contributed by atoms with van der Waals surface area (Å²) in [5.41, 5.74) is 0. The highest BCUT2D eigenvalue weighted by atomic mass is 32.2.